The highest BCUT2D eigenvalue weighted by molar-refractivity contribution is 5.76. The predicted molar refractivity (Wildman–Crippen MR) is 117 cm³/mol. The maximum absolute atomic E-state index is 12.7. The first-order valence-electron chi connectivity index (χ1n) is 10.9. The second-order valence-electron chi connectivity index (χ2n) is 8.17. The fourth-order valence-electron chi connectivity index (χ4n) is 4.10. The van der Waals surface area contributed by atoms with E-state index in [0.717, 1.165) is 41.3 Å². The molecule has 32 heavy (non-hydrogen) atoms. The van der Waals surface area contributed by atoms with Gasteiger partial charge in [-0.15, -0.1) is 0 Å². The minimum atomic E-state index is 0.182. The number of hydrogen-bond acceptors (Lipinski definition) is 7. The smallest absolute Gasteiger partial charge is 0.241 e. The average Bonchev–Trinajstić information content (AvgIpc) is 3.47. The Hall–Kier alpha value is -3.39. The predicted octanol–water partition coefficient (Wildman–Crippen LogP) is 3.05. The van der Waals surface area contributed by atoms with Gasteiger partial charge in [0.15, 0.2) is 11.5 Å². The van der Waals surface area contributed by atoms with Crippen LogP contribution in [0.2, 0.25) is 0 Å². The number of carbonyl (C=O) groups excluding carboxylic acids is 1. The van der Waals surface area contributed by atoms with Crippen molar-refractivity contribution < 1.29 is 18.8 Å². The summed E-state index contributed by atoms with van der Waals surface area (Å²) in [5.41, 5.74) is 3.19. The number of amides is 1. The second kappa shape index (κ2) is 9.00. The standard InChI is InChI=1S/C24H26N4O4/c1-17-4-2-3-5-19(17)24-25-22(32-26-24)15-27-10-12-28(13-11-27)23(29)9-7-18-6-8-20-21(14-18)31-16-30-20/h2-6,8,14H,7,9-13,15-16H2,1H3. The van der Waals surface area contributed by atoms with Crippen molar-refractivity contribution >= 4 is 5.91 Å². The average molecular weight is 434 g/mol. The molecule has 5 rings (SSSR count). The van der Waals surface area contributed by atoms with E-state index in [-0.39, 0.29) is 12.7 Å². The number of fused-ring (bicyclic) bond motifs is 1. The van der Waals surface area contributed by atoms with Crippen LogP contribution in [0.5, 0.6) is 11.5 Å². The maximum atomic E-state index is 12.7. The molecule has 0 N–H and O–H groups in total. The molecule has 0 aliphatic carbocycles. The SMILES string of the molecule is Cc1ccccc1-c1noc(CN2CCN(C(=O)CCc3ccc4c(c3)OCO4)CC2)n1. The number of ether oxygens (including phenoxy) is 2. The van der Waals surface area contributed by atoms with Crippen molar-refractivity contribution in [1.29, 1.82) is 0 Å². The third kappa shape index (κ3) is 4.45. The molecule has 0 spiro atoms. The van der Waals surface area contributed by atoms with Gasteiger partial charge in [0.2, 0.25) is 24.4 Å². The van der Waals surface area contributed by atoms with Gasteiger partial charge >= 0.3 is 0 Å². The van der Waals surface area contributed by atoms with Crippen molar-refractivity contribution in [2.24, 2.45) is 0 Å². The Morgan fingerprint density at radius 3 is 2.69 bits per heavy atom. The molecule has 3 aromatic rings. The fraction of sp³-hybridized carbons (Fsp3) is 0.375. The van der Waals surface area contributed by atoms with Gasteiger partial charge in [-0.05, 0) is 36.6 Å². The zero-order valence-corrected chi connectivity index (χ0v) is 18.1. The second-order valence-corrected chi connectivity index (χ2v) is 8.17. The Labute approximate surface area is 186 Å². The molecule has 0 unspecified atom stereocenters. The van der Waals surface area contributed by atoms with Crippen LogP contribution in [0, 0.1) is 6.92 Å². The first-order chi connectivity index (χ1) is 15.7. The Bertz CT molecular complexity index is 1100. The van der Waals surface area contributed by atoms with E-state index in [1.165, 1.54) is 0 Å². The largest absolute Gasteiger partial charge is 0.454 e. The Kier molecular flexibility index (Phi) is 5.77. The molecule has 0 atom stereocenters. The van der Waals surface area contributed by atoms with Gasteiger partial charge < -0.3 is 18.9 Å². The van der Waals surface area contributed by atoms with Gasteiger partial charge in [-0.3, -0.25) is 9.69 Å². The van der Waals surface area contributed by atoms with Crippen LogP contribution in [0.15, 0.2) is 47.0 Å². The van der Waals surface area contributed by atoms with Crippen molar-refractivity contribution in [1.82, 2.24) is 19.9 Å². The molecule has 8 heteroatoms. The van der Waals surface area contributed by atoms with Crippen molar-refractivity contribution in [3.63, 3.8) is 0 Å². The molecule has 0 saturated carbocycles. The molecular formula is C24H26N4O4. The van der Waals surface area contributed by atoms with Crippen molar-refractivity contribution in [3.8, 4) is 22.9 Å². The van der Waals surface area contributed by atoms with Gasteiger partial charge in [0.25, 0.3) is 0 Å². The highest BCUT2D eigenvalue weighted by Gasteiger charge is 2.23. The van der Waals surface area contributed by atoms with Crippen LogP contribution in [0.25, 0.3) is 11.4 Å². The number of aromatic nitrogens is 2. The van der Waals surface area contributed by atoms with Gasteiger partial charge in [-0.1, -0.05) is 35.5 Å². The lowest BCUT2D eigenvalue weighted by Crippen LogP contribution is -2.48. The van der Waals surface area contributed by atoms with E-state index in [1.807, 2.05) is 54.3 Å². The van der Waals surface area contributed by atoms with Gasteiger partial charge in [0.05, 0.1) is 6.54 Å². The highest BCUT2D eigenvalue weighted by atomic mass is 16.7. The number of piperazine rings is 1. The molecule has 0 bridgehead atoms. The van der Waals surface area contributed by atoms with Crippen LogP contribution in [-0.4, -0.2) is 58.8 Å². The summed E-state index contributed by atoms with van der Waals surface area (Å²) in [5, 5.41) is 4.14. The number of aryl methyl sites for hydroxylation is 2. The molecule has 1 amide bonds. The lowest BCUT2D eigenvalue weighted by Gasteiger charge is -2.34. The van der Waals surface area contributed by atoms with Crippen LogP contribution in [0.3, 0.4) is 0 Å². The molecule has 8 nitrogen and oxygen atoms in total. The number of hydrogen-bond donors (Lipinski definition) is 0. The zero-order chi connectivity index (χ0) is 21.9. The third-order valence-corrected chi connectivity index (χ3v) is 6.00. The van der Waals surface area contributed by atoms with Crippen LogP contribution in [0.4, 0.5) is 0 Å². The lowest BCUT2D eigenvalue weighted by atomic mass is 10.1. The molecule has 2 aromatic carbocycles. The topological polar surface area (TPSA) is 80.9 Å². The summed E-state index contributed by atoms with van der Waals surface area (Å²) in [5.74, 6) is 2.93. The van der Waals surface area contributed by atoms with E-state index >= 15 is 0 Å². The van der Waals surface area contributed by atoms with Crippen molar-refractivity contribution in [3.05, 3.63) is 59.5 Å². The Balaban J connectivity index is 1.10. The summed E-state index contributed by atoms with van der Waals surface area (Å²) in [6.45, 7) is 5.89. The van der Waals surface area contributed by atoms with Crippen molar-refractivity contribution in [2.45, 2.75) is 26.3 Å². The molecule has 166 valence electrons. The summed E-state index contributed by atoms with van der Waals surface area (Å²) < 4.78 is 16.2. The molecule has 3 heterocycles. The van der Waals surface area contributed by atoms with Crippen LogP contribution < -0.4 is 9.47 Å². The minimum absolute atomic E-state index is 0.182. The monoisotopic (exact) mass is 434 g/mol. The third-order valence-electron chi connectivity index (χ3n) is 6.00. The van der Waals surface area contributed by atoms with Crippen LogP contribution in [-0.2, 0) is 17.8 Å². The molecule has 1 aromatic heterocycles. The maximum Gasteiger partial charge on any atom is 0.241 e. The normalized spacial score (nSPS) is 15.8. The number of nitrogens with zero attached hydrogens (tertiary/aromatic N) is 4. The number of carbonyl (C=O) groups is 1. The number of rotatable bonds is 6. The van der Waals surface area contributed by atoms with E-state index in [2.05, 4.69) is 15.0 Å². The van der Waals surface area contributed by atoms with Gasteiger partial charge in [0, 0.05) is 38.2 Å². The summed E-state index contributed by atoms with van der Waals surface area (Å²) >= 11 is 0. The van der Waals surface area contributed by atoms with E-state index < -0.39 is 0 Å². The lowest BCUT2D eigenvalue weighted by molar-refractivity contribution is -0.133. The summed E-state index contributed by atoms with van der Waals surface area (Å²) in [6, 6.07) is 13.9. The van der Waals surface area contributed by atoms with Gasteiger partial charge in [-0.25, -0.2) is 0 Å². The molecule has 1 fully saturated rings. The van der Waals surface area contributed by atoms with Gasteiger partial charge in [0.1, 0.15) is 0 Å². The van der Waals surface area contributed by atoms with Crippen LogP contribution >= 0.6 is 0 Å². The van der Waals surface area contributed by atoms with E-state index in [0.29, 0.717) is 44.2 Å². The minimum Gasteiger partial charge on any atom is -0.454 e. The first-order valence-corrected chi connectivity index (χ1v) is 10.9. The molecule has 2 aliphatic rings. The summed E-state index contributed by atoms with van der Waals surface area (Å²) in [7, 11) is 0. The molecule has 1 saturated heterocycles. The molecule has 2 aliphatic heterocycles. The Morgan fingerprint density at radius 1 is 1.03 bits per heavy atom. The highest BCUT2D eigenvalue weighted by Crippen LogP contribution is 2.32. The summed E-state index contributed by atoms with van der Waals surface area (Å²) in [4.78, 5) is 21.4. The van der Waals surface area contributed by atoms with Crippen LogP contribution in [0.1, 0.15) is 23.4 Å². The molecular weight excluding hydrogens is 408 g/mol. The fourth-order valence-corrected chi connectivity index (χ4v) is 4.10. The number of benzene rings is 2. The van der Waals surface area contributed by atoms with E-state index in [9.17, 15) is 4.79 Å². The molecule has 0 radical (unpaired) electrons. The van der Waals surface area contributed by atoms with E-state index in [4.69, 9.17) is 14.0 Å². The van der Waals surface area contributed by atoms with Crippen molar-refractivity contribution in [2.75, 3.05) is 33.0 Å². The van der Waals surface area contributed by atoms with E-state index in [1.54, 1.807) is 0 Å². The van der Waals surface area contributed by atoms with Gasteiger partial charge in [-0.2, -0.15) is 4.98 Å². The first kappa shape index (κ1) is 20.5. The Morgan fingerprint density at radius 2 is 1.84 bits per heavy atom. The quantitative estimate of drug-likeness (QED) is 0.590. The summed E-state index contributed by atoms with van der Waals surface area (Å²) in [6.07, 6.45) is 1.18. The zero-order valence-electron chi connectivity index (χ0n) is 18.1.